The van der Waals surface area contributed by atoms with Crippen molar-refractivity contribution in [2.45, 2.75) is 20.1 Å². The van der Waals surface area contributed by atoms with Crippen molar-refractivity contribution in [2.75, 3.05) is 0 Å². The maximum Gasteiger partial charge on any atom is 0.159 e. The highest BCUT2D eigenvalue weighted by molar-refractivity contribution is 5.40. The molecule has 4 heteroatoms. The first kappa shape index (κ1) is 13.5. The van der Waals surface area contributed by atoms with Gasteiger partial charge in [0.1, 0.15) is 12.4 Å². The summed E-state index contributed by atoms with van der Waals surface area (Å²) in [6, 6.07) is 9.43. The molecule has 19 heavy (non-hydrogen) atoms. The van der Waals surface area contributed by atoms with Crippen LogP contribution in [-0.2, 0) is 13.2 Å². The van der Waals surface area contributed by atoms with Gasteiger partial charge in [-0.3, -0.25) is 0 Å². The van der Waals surface area contributed by atoms with E-state index < -0.39 is 11.6 Å². The summed E-state index contributed by atoms with van der Waals surface area (Å²) < 4.78 is 31.6. The van der Waals surface area contributed by atoms with Crippen LogP contribution in [0.5, 0.6) is 5.75 Å². The first-order valence-electron chi connectivity index (χ1n) is 5.97. The number of rotatable bonds is 4. The minimum Gasteiger partial charge on any atom is -0.488 e. The molecule has 0 saturated heterocycles. The zero-order valence-corrected chi connectivity index (χ0v) is 10.6. The summed E-state index contributed by atoms with van der Waals surface area (Å²) in [5, 5.41) is 0. The van der Waals surface area contributed by atoms with E-state index in [2.05, 4.69) is 0 Å². The van der Waals surface area contributed by atoms with Gasteiger partial charge in [-0.15, -0.1) is 0 Å². The van der Waals surface area contributed by atoms with Crippen LogP contribution in [0.4, 0.5) is 8.78 Å². The van der Waals surface area contributed by atoms with E-state index in [4.69, 9.17) is 10.5 Å². The van der Waals surface area contributed by atoms with Crippen molar-refractivity contribution in [3.63, 3.8) is 0 Å². The highest BCUT2D eigenvalue weighted by Crippen LogP contribution is 2.24. The SMILES string of the molecule is Cc1cccc(CN)c1OCc1ccc(F)c(F)c1. The van der Waals surface area contributed by atoms with Gasteiger partial charge in [0.25, 0.3) is 0 Å². The topological polar surface area (TPSA) is 35.2 Å². The molecule has 2 N–H and O–H groups in total. The largest absolute Gasteiger partial charge is 0.488 e. The van der Waals surface area contributed by atoms with E-state index in [-0.39, 0.29) is 6.61 Å². The van der Waals surface area contributed by atoms with Gasteiger partial charge in [0.05, 0.1) is 0 Å². The summed E-state index contributed by atoms with van der Waals surface area (Å²) in [5.41, 5.74) is 8.07. The minimum absolute atomic E-state index is 0.176. The molecule has 2 aromatic carbocycles. The lowest BCUT2D eigenvalue weighted by molar-refractivity contribution is 0.300. The molecule has 2 aromatic rings. The second-order valence-corrected chi connectivity index (χ2v) is 4.30. The molecule has 0 bridgehead atoms. The first-order chi connectivity index (χ1) is 9.11. The lowest BCUT2D eigenvalue weighted by Gasteiger charge is -2.13. The Kier molecular flexibility index (Phi) is 4.12. The van der Waals surface area contributed by atoms with Crippen LogP contribution in [0.25, 0.3) is 0 Å². The summed E-state index contributed by atoms with van der Waals surface area (Å²) in [6.07, 6.45) is 0. The monoisotopic (exact) mass is 263 g/mol. The van der Waals surface area contributed by atoms with E-state index in [9.17, 15) is 8.78 Å². The molecule has 0 unspecified atom stereocenters. The van der Waals surface area contributed by atoms with Crippen molar-refractivity contribution in [1.82, 2.24) is 0 Å². The van der Waals surface area contributed by atoms with Gasteiger partial charge < -0.3 is 10.5 Å². The van der Waals surface area contributed by atoms with Crippen LogP contribution in [0.3, 0.4) is 0 Å². The molecule has 0 aliphatic heterocycles. The van der Waals surface area contributed by atoms with E-state index in [0.717, 1.165) is 23.3 Å². The van der Waals surface area contributed by atoms with Gasteiger partial charge in [-0.1, -0.05) is 24.3 Å². The first-order valence-corrected chi connectivity index (χ1v) is 5.97. The number of nitrogens with two attached hydrogens (primary N) is 1. The third-order valence-corrected chi connectivity index (χ3v) is 2.88. The van der Waals surface area contributed by atoms with Crippen LogP contribution in [0.1, 0.15) is 16.7 Å². The van der Waals surface area contributed by atoms with Crippen molar-refractivity contribution in [3.05, 3.63) is 64.7 Å². The second kappa shape index (κ2) is 5.80. The van der Waals surface area contributed by atoms with Crippen molar-refractivity contribution in [2.24, 2.45) is 5.73 Å². The summed E-state index contributed by atoms with van der Waals surface area (Å²) >= 11 is 0. The predicted octanol–water partition coefficient (Wildman–Crippen LogP) is 3.31. The fourth-order valence-corrected chi connectivity index (χ4v) is 1.87. The summed E-state index contributed by atoms with van der Waals surface area (Å²) in [4.78, 5) is 0. The van der Waals surface area contributed by atoms with Gasteiger partial charge in [0, 0.05) is 12.1 Å². The molecule has 0 radical (unpaired) electrons. The van der Waals surface area contributed by atoms with E-state index in [0.29, 0.717) is 17.9 Å². The quantitative estimate of drug-likeness (QED) is 0.918. The van der Waals surface area contributed by atoms with Crippen molar-refractivity contribution in [1.29, 1.82) is 0 Å². The summed E-state index contributed by atoms with van der Waals surface area (Å²) in [5.74, 6) is -1.03. The van der Waals surface area contributed by atoms with Crippen LogP contribution in [0.15, 0.2) is 36.4 Å². The van der Waals surface area contributed by atoms with E-state index >= 15 is 0 Å². The molecular weight excluding hydrogens is 248 g/mol. The summed E-state index contributed by atoms with van der Waals surface area (Å²) in [7, 11) is 0. The molecule has 0 amide bonds. The number of benzene rings is 2. The minimum atomic E-state index is -0.870. The molecule has 0 aromatic heterocycles. The van der Waals surface area contributed by atoms with Crippen molar-refractivity contribution in [3.8, 4) is 5.75 Å². The Morgan fingerprint density at radius 3 is 2.58 bits per heavy atom. The van der Waals surface area contributed by atoms with E-state index in [1.165, 1.54) is 6.07 Å². The molecule has 100 valence electrons. The third kappa shape index (κ3) is 3.09. The van der Waals surface area contributed by atoms with E-state index in [1.54, 1.807) is 0 Å². The Morgan fingerprint density at radius 2 is 1.89 bits per heavy atom. The van der Waals surface area contributed by atoms with Crippen LogP contribution in [0.2, 0.25) is 0 Å². The number of ether oxygens (including phenoxy) is 1. The lowest BCUT2D eigenvalue weighted by atomic mass is 10.1. The molecule has 0 atom stereocenters. The number of hydrogen-bond acceptors (Lipinski definition) is 2. The Labute approximate surface area is 110 Å². The van der Waals surface area contributed by atoms with Gasteiger partial charge in [0.15, 0.2) is 11.6 Å². The maximum absolute atomic E-state index is 13.1. The van der Waals surface area contributed by atoms with Gasteiger partial charge >= 0.3 is 0 Å². The second-order valence-electron chi connectivity index (χ2n) is 4.30. The maximum atomic E-state index is 13.1. The van der Waals surface area contributed by atoms with Gasteiger partial charge in [-0.2, -0.15) is 0 Å². The number of halogens is 2. The van der Waals surface area contributed by atoms with Crippen molar-refractivity contribution >= 4 is 0 Å². The molecule has 0 heterocycles. The van der Waals surface area contributed by atoms with Gasteiger partial charge in [-0.05, 0) is 30.2 Å². The average molecular weight is 263 g/mol. The molecular formula is C15H15F2NO. The van der Waals surface area contributed by atoms with Crippen LogP contribution >= 0.6 is 0 Å². The molecule has 0 fully saturated rings. The Hall–Kier alpha value is -1.94. The van der Waals surface area contributed by atoms with Gasteiger partial charge in [0.2, 0.25) is 0 Å². The summed E-state index contributed by atoms with van der Waals surface area (Å²) in [6.45, 7) is 2.46. The predicted molar refractivity (Wildman–Crippen MR) is 69.8 cm³/mol. The fourth-order valence-electron chi connectivity index (χ4n) is 1.87. The molecule has 0 aliphatic carbocycles. The molecule has 2 nitrogen and oxygen atoms in total. The Morgan fingerprint density at radius 1 is 1.11 bits per heavy atom. The molecule has 0 spiro atoms. The normalized spacial score (nSPS) is 10.5. The van der Waals surface area contributed by atoms with Crippen molar-refractivity contribution < 1.29 is 13.5 Å². The highest BCUT2D eigenvalue weighted by Gasteiger charge is 2.07. The van der Waals surface area contributed by atoms with Gasteiger partial charge in [-0.25, -0.2) is 8.78 Å². The standard InChI is InChI=1S/C15H15F2NO/c1-10-3-2-4-12(8-18)15(10)19-9-11-5-6-13(16)14(17)7-11/h2-7H,8-9,18H2,1H3. The zero-order valence-electron chi connectivity index (χ0n) is 10.6. The third-order valence-electron chi connectivity index (χ3n) is 2.88. The van der Waals surface area contributed by atoms with Crippen LogP contribution in [-0.4, -0.2) is 0 Å². The van der Waals surface area contributed by atoms with Crippen LogP contribution in [0, 0.1) is 18.6 Å². The smallest absolute Gasteiger partial charge is 0.159 e. The molecule has 0 saturated carbocycles. The van der Waals surface area contributed by atoms with E-state index in [1.807, 2.05) is 25.1 Å². The fraction of sp³-hybridized carbons (Fsp3) is 0.200. The molecule has 2 rings (SSSR count). The lowest BCUT2D eigenvalue weighted by Crippen LogP contribution is -2.04. The zero-order chi connectivity index (χ0) is 13.8. The Bertz CT molecular complexity index is 584. The Balaban J connectivity index is 2.16. The number of para-hydroxylation sites is 1. The number of hydrogen-bond donors (Lipinski definition) is 1. The molecule has 0 aliphatic rings. The highest BCUT2D eigenvalue weighted by atomic mass is 19.2. The van der Waals surface area contributed by atoms with Crippen LogP contribution < -0.4 is 10.5 Å². The average Bonchev–Trinajstić information content (AvgIpc) is 2.41. The number of aryl methyl sites for hydroxylation is 1.